The van der Waals surface area contributed by atoms with Gasteiger partial charge in [-0.25, -0.2) is 0 Å². The van der Waals surface area contributed by atoms with Crippen LogP contribution in [0.15, 0.2) is 36.7 Å². The van der Waals surface area contributed by atoms with Gasteiger partial charge in [-0.15, -0.1) is 0 Å². The average Bonchev–Trinajstić information content (AvgIpc) is 2.77. The minimum atomic E-state index is -4.45. The number of halogens is 3. The number of anilines is 2. The topological polar surface area (TPSA) is 34.2 Å². The lowest BCUT2D eigenvalue weighted by atomic mass is 10.1. The van der Waals surface area contributed by atoms with E-state index in [2.05, 4.69) is 0 Å². The van der Waals surface area contributed by atoms with Crippen LogP contribution in [0.1, 0.15) is 5.56 Å². The van der Waals surface area contributed by atoms with Crippen molar-refractivity contribution in [2.75, 3.05) is 24.7 Å². The van der Waals surface area contributed by atoms with Crippen molar-refractivity contribution in [2.45, 2.75) is 6.18 Å². The number of nitrogens with two attached hydrogens (primary N) is 1. The van der Waals surface area contributed by atoms with Crippen molar-refractivity contribution >= 4 is 11.4 Å². The van der Waals surface area contributed by atoms with Crippen LogP contribution in [-0.2, 0) is 6.18 Å². The molecular weight excluding hydrogens is 255 g/mol. The Kier molecular flexibility index (Phi) is 3.18. The maximum atomic E-state index is 12.8. The third-order valence-corrected chi connectivity index (χ3v) is 2.83. The summed E-state index contributed by atoms with van der Waals surface area (Å²) in [5.41, 5.74) is 5.62. The standard InChI is InChI=1S/C13H14F3N3/c1-18(2)10-5-6-19(8-10)9-3-4-12(17)11(7-9)13(14,15)16/h3-8H,17H2,1-2H3. The zero-order valence-electron chi connectivity index (χ0n) is 10.6. The Balaban J connectivity index is 2.45. The van der Waals surface area contributed by atoms with Gasteiger partial charge in [-0.3, -0.25) is 0 Å². The van der Waals surface area contributed by atoms with E-state index in [1.54, 1.807) is 23.0 Å². The van der Waals surface area contributed by atoms with Crippen LogP contribution in [0.3, 0.4) is 0 Å². The number of nitrogens with zero attached hydrogens (tertiary/aromatic N) is 2. The van der Waals surface area contributed by atoms with E-state index in [9.17, 15) is 13.2 Å². The van der Waals surface area contributed by atoms with Crippen molar-refractivity contribution in [3.8, 4) is 5.69 Å². The van der Waals surface area contributed by atoms with E-state index in [4.69, 9.17) is 5.73 Å². The Hall–Kier alpha value is -2.11. The highest BCUT2D eigenvalue weighted by Gasteiger charge is 2.33. The molecule has 0 amide bonds. The lowest BCUT2D eigenvalue weighted by molar-refractivity contribution is -0.136. The molecule has 0 radical (unpaired) electrons. The van der Waals surface area contributed by atoms with Gasteiger partial charge in [0.25, 0.3) is 0 Å². The lowest BCUT2D eigenvalue weighted by Crippen LogP contribution is -2.10. The molecule has 1 heterocycles. The fraction of sp³-hybridized carbons (Fsp3) is 0.231. The van der Waals surface area contributed by atoms with E-state index >= 15 is 0 Å². The molecule has 0 atom stereocenters. The normalized spacial score (nSPS) is 11.6. The third-order valence-electron chi connectivity index (χ3n) is 2.83. The van der Waals surface area contributed by atoms with Crippen LogP contribution in [0.2, 0.25) is 0 Å². The Morgan fingerprint density at radius 2 is 1.84 bits per heavy atom. The van der Waals surface area contributed by atoms with Crippen molar-refractivity contribution in [1.82, 2.24) is 4.57 Å². The molecule has 0 aliphatic heterocycles. The second-order valence-electron chi connectivity index (χ2n) is 4.44. The van der Waals surface area contributed by atoms with E-state index in [1.165, 1.54) is 6.07 Å². The molecule has 0 saturated carbocycles. The minimum Gasteiger partial charge on any atom is -0.398 e. The van der Waals surface area contributed by atoms with Gasteiger partial charge in [0.15, 0.2) is 0 Å². The molecule has 1 aromatic carbocycles. The average molecular weight is 269 g/mol. The molecular formula is C13H14F3N3. The number of alkyl halides is 3. The van der Waals surface area contributed by atoms with Crippen molar-refractivity contribution in [2.24, 2.45) is 0 Å². The van der Waals surface area contributed by atoms with Crippen molar-refractivity contribution in [3.05, 3.63) is 42.2 Å². The quantitative estimate of drug-likeness (QED) is 0.850. The van der Waals surface area contributed by atoms with Gasteiger partial charge >= 0.3 is 6.18 Å². The molecule has 3 nitrogen and oxygen atoms in total. The molecule has 6 heteroatoms. The Bertz CT molecular complexity index is 585. The van der Waals surface area contributed by atoms with Gasteiger partial charge in [0.2, 0.25) is 0 Å². The molecule has 19 heavy (non-hydrogen) atoms. The van der Waals surface area contributed by atoms with Crippen LogP contribution >= 0.6 is 0 Å². The van der Waals surface area contributed by atoms with E-state index in [0.717, 1.165) is 11.8 Å². The molecule has 0 fully saturated rings. The number of nitrogen functional groups attached to an aromatic ring is 1. The lowest BCUT2D eigenvalue weighted by Gasteiger charge is -2.13. The van der Waals surface area contributed by atoms with Gasteiger partial charge < -0.3 is 15.2 Å². The van der Waals surface area contributed by atoms with Gasteiger partial charge in [0.1, 0.15) is 0 Å². The zero-order valence-corrected chi connectivity index (χ0v) is 10.6. The molecule has 2 aromatic rings. The van der Waals surface area contributed by atoms with Gasteiger partial charge in [0, 0.05) is 37.9 Å². The second-order valence-corrected chi connectivity index (χ2v) is 4.44. The van der Waals surface area contributed by atoms with Gasteiger partial charge in [-0.05, 0) is 24.3 Å². The van der Waals surface area contributed by atoms with Crippen molar-refractivity contribution in [1.29, 1.82) is 0 Å². The summed E-state index contributed by atoms with van der Waals surface area (Å²) in [4.78, 5) is 1.87. The first-order valence-corrected chi connectivity index (χ1v) is 5.61. The molecule has 2 N–H and O–H groups in total. The number of hydrogen-bond acceptors (Lipinski definition) is 2. The number of benzene rings is 1. The Morgan fingerprint density at radius 3 is 2.37 bits per heavy atom. The number of aromatic nitrogens is 1. The number of rotatable bonds is 2. The summed E-state index contributed by atoms with van der Waals surface area (Å²) in [6.07, 6.45) is -0.982. The Morgan fingerprint density at radius 1 is 1.16 bits per heavy atom. The van der Waals surface area contributed by atoms with Crippen LogP contribution in [0.5, 0.6) is 0 Å². The van der Waals surface area contributed by atoms with Crippen LogP contribution in [0, 0.1) is 0 Å². The highest BCUT2D eigenvalue weighted by atomic mass is 19.4. The predicted molar refractivity (Wildman–Crippen MR) is 69.5 cm³/mol. The molecule has 1 aromatic heterocycles. The first-order chi connectivity index (χ1) is 8.79. The van der Waals surface area contributed by atoms with Crippen LogP contribution in [-0.4, -0.2) is 18.7 Å². The molecule has 0 bridgehead atoms. The highest BCUT2D eigenvalue weighted by molar-refractivity contribution is 5.55. The predicted octanol–water partition coefficient (Wildman–Crippen LogP) is 3.14. The summed E-state index contributed by atoms with van der Waals surface area (Å²) in [5, 5.41) is 0. The van der Waals surface area contributed by atoms with E-state index in [1.807, 2.05) is 25.1 Å². The maximum Gasteiger partial charge on any atom is 0.418 e. The molecule has 0 aliphatic carbocycles. The maximum absolute atomic E-state index is 12.8. The Labute approximate surface area is 109 Å². The summed E-state index contributed by atoms with van der Waals surface area (Å²) in [5.74, 6) is 0. The molecule has 0 saturated heterocycles. The summed E-state index contributed by atoms with van der Waals surface area (Å²) < 4.78 is 40.0. The van der Waals surface area contributed by atoms with E-state index in [0.29, 0.717) is 5.69 Å². The fourth-order valence-electron chi connectivity index (χ4n) is 1.76. The summed E-state index contributed by atoms with van der Waals surface area (Å²) in [6, 6.07) is 5.70. The van der Waals surface area contributed by atoms with Gasteiger partial charge in [0.05, 0.1) is 11.3 Å². The first-order valence-electron chi connectivity index (χ1n) is 5.61. The monoisotopic (exact) mass is 269 g/mol. The van der Waals surface area contributed by atoms with Crippen molar-refractivity contribution < 1.29 is 13.2 Å². The fourth-order valence-corrected chi connectivity index (χ4v) is 1.76. The van der Waals surface area contributed by atoms with Gasteiger partial charge in [-0.1, -0.05) is 0 Å². The zero-order chi connectivity index (χ0) is 14.2. The SMILES string of the molecule is CN(C)c1ccn(-c2ccc(N)c(C(F)(F)F)c2)c1. The summed E-state index contributed by atoms with van der Waals surface area (Å²) in [6.45, 7) is 0. The second kappa shape index (κ2) is 4.53. The summed E-state index contributed by atoms with van der Waals surface area (Å²) >= 11 is 0. The third kappa shape index (κ3) is 2.67. The van der Waals surface area contributed by atoms with Gasteiger partial charge in [-0.2, -0.15) is 13.2 Å². The molecule has 0 spiro atoms. The van der Waals surface area contributed by atoms with Crippen LogP contribution < -0.4 is 10.6 Å². The first kappa shape index (κ1) is 13.3. The number of hydrogen-bond donors (Lipinski definition) is 1. The highest BCUT2D eigenvalue weighted by Crippen LogP contribution is 2.34. The molecule has 0 unspecified atom stereocenters. The van der Waals surface area contributed by atoms with E-state index in [-0.39, 0.29) is 5.69 Å². The summed E-state index contributed by atoms with van der Waals surface area (Å²) in [7, 11) is 3.73. The largest absolute Gasteiger partial charge is 0.418 e. The smallest absolute Gasteiger partial charge is 0.398 e. The van der Waals surface area contributed by atoms with Crippen molar-refractivity contribution in [3.63, 3.8) is 0 Å². The van der Waals surface area contributed by atoms with Crippen LogP contribution in [0.25, 0.3) is 5.69 Å². The van der Waals surface area contributed by atoms with E-state index < -0.39 is 11.7 Å². The van der Waals surface area contributed by atoms with Crippen LogP contribution in [0.4, 0.5) is 24.5 Å². The molecule has 0 aliphatic rings. The molecule has 2 rings (SSSR count). The minimum absolute atomic E-state index is 0.267. The molecule has 102 valence electrons.